The fourth-order valence-electron chi connectivity index (χ4n) is 2.39. The molecule has 144 valence electrons. The summed E-state index contributed by atoms with van der Waals surface area (Å²) >= 11 is 0. The lowest BCUT2D eigenvalue weighted by Crippen LogP contribution is -2.34. The van der Waals surface area contributed by atoms with E-state index in [1.165, 1.54) is 6.07 Å². The van der Waals surface area contributed by atoms with Crippen molar-refractivity contribution >= 4 is 23.6 Å². The van der Waals surface area contributed by atoms with Crippen molar-refractivity contribution in [1.29, 1.82) is 0 Å². The zero-order valence-electron chi connectivity index (χ0n) is 15.5. The second-order valence-electron chi connectivity index (χ2n) is 6.24. The highest BCUT2D eigenvalue weighted by molar-refractivity contribution is 5.96. The van der Waals surface area contributed by atoms with Crippen LogP contribution in [-0.2, 0) is 13.0 Å². The van der Waals surface area contributed by atoms with Gasteiger partial charge < -0.3 is 25.5 Å². The van der Waals surface area contributed by atoms with Crippen molar-refractivity contribution in [2.75, 3.05) is 5.32 Å². The molecule has 0 aliphatic heterocycles. The molecule has 0 aliphatic carbocycles. The van der Waals surface area contributed by atoms with Gasteiger partial charge in [0.15, 0.2) is 5.76 Å². The quantitative estimate of drug-likeness (QED) is 0.594. The Morgan fingerprint density at radius 2 is 1.81 bits per heavy atom. The van der Waals surface area contributed by atoms with Crippen LogP contribution in [0.5, 0.6) is 0 Å². The highest BCUT2D eigenvalue weighted by atomic mass is 16.4. The van der Waals surface area contributed by atoms with Gasteiger partial charge in [0.05, 0.1) is 0 Å². The number of furan rings is 1. The molecule has 0 atom stereocenters. The number of carbonyl (C=O) groups excluding carboxylic acids is 2. The minimum atomic E-state index is -1.13. The molecule has 8 nitrogen and oxygen atoms in total. The van der Waals surface area contributed by atoms with Crippen LogP contribution in [0.2, 0.25) is 0 Å². The molecule has 1 heterocycles. The highest BCUT2D eigenvalue weighted by Gasteiger charge is 2.19. The van der Waals surface area contributed by atoms with E-state index in [9.17, 15) is 14.4 Å². The molecule has 0 unspecified atom stereocenters. The Balaban J connectivity index is 1.93. The van der Waals surface area contributed by atoms with Crippen LogP contribution in [0.15, 0.2) is 34.7 Å². The summed E-state index contributed by atoms with van der Waals surface area (Å²) in [6, 6.07) is 7.98. The van der Waals surface area contributed by atoms with E-state index in [1.807, 2.05) is 13.8 Å². The lowest BCUT2D eigenvalue weighted by Gasteiger charge is -2.10. The number of rotatable bonds is 7. The van der Waals surface area contributed by atoms with Gasteiger partial charge >= 0.3 is 12.0 Å². The topological polar surface area (TPSA) is 121 Å². The van der Waals surface area contributed by atoms with E-state index >= 15 is 0 Å². The van der Waals surface area contributed by atoms with Gasteiger partial charge in [-0.25, -0.2) is 9.59 Å². The standard InChI is InChI=1S/C19H23N3O5/c1-4-15-14(18(24)25)9-16(27-15)17(23)20-10-12-5-7-13(8-6-12)22-19(26)21-11(2)3/h5-9,11H,4,10H2,1-3H3,(H,20,23)(H,24,25)(H2,21,22,26). The average molecular weight is 373 g/mol. The molecule has 0 spiro atoms. The van der Waals surface area contributed by atoms with Gasteiger partial charge in [-0.05, 0) is 31.5 Å². The van der Waals surface area contributed by atoms with E-state index in [2.05, 4.69) is 16.0 Å². The van der Waals surface area contributed by atoms with Gasteiger partial charge in [-0.3, -0.25) is 4.79 Å². The van der Waals surface area contributed by atoms with Crippen LogP contribution in [0, 0.1) is 0 Å². The highest BCUT2D eigenvalue weighted by Crippen LogP contribution is 2.17. The van der Waals surface area contributed by atoms with Gasteiger partial charge in [0.2, 0.25) is 0 Å². The Hall–Kier alpha value is -3.29. The second-order valence-corrected chi connectivity index (χ2v) is 6.24. The van der Waals surface area contributed by atoms with E-state index in [-0.39, 0.29) is 35.7 Å². The van der Waals surface area contributed by atoms with Crippen LogP contribution in [-0.4, -0.2) is 29.1 Å². The number of benzene rings is 1. The summed E-state index contributed by atoms with van der Waals surface area (Å²) in [5, 5.41) is 17.2. The van der Waals surface area contributed by atoms with E-state index in [1.54, 1.807) is 31.2 Å². The third-order valence-electron chi connectivity index (χ3n) is 3.67. The fourth-order valence-corrected chi connectivity index (χ4v) is 2.39. The molecular weight excluding hydrogens is 350 g/mol. The third-order valence-corrected chi connectivity index (χ3v) is 3.67. The van der Waals surface area contributed by atoms with Gasteiger partial charge in [0.25, 0.3) is 5.91 Å². The van der Waals surface area contributed by atoms with Gasteiger partial charge in [-0.2, -0.15) is 0 Å². The molecule has 2 rings (SSSR count). The number of hydrogen-bond acceptors (Lipinski definition) is 4. The molecule has 0 aliphatic rings. The maximum absolute atomic E-state index is 12.2. The van der Waals surface area contributed by atoms with Gasteiger partial charge in [-0.1, -0.05) is 19.1 Å². The lowest BCUT2D eigenvalue weighted by atomic mass is 10.2. The number of anilines is 1. The normalized spacial score (nSPS) is 10.5. The predicted molar refractivity (Wildman–Crippen MR) is 99.9 cm³/mol. The number of amides is 3. The maximum atomic E-state index is 12.2. The van der Waals surface area contributed by atoms with Crippen LogP contribution in [0.3, 0.4) is 0 Å². The molecule has 0 saturated heterocycles. The van der Waals surface area contributed by atoms with E-state index in [4.69, 9.17) is 9.52 Å². The molecule has 0 bridgehead atoms. The molecule has 2 aromatic rings. The SMILES string of the molecule is CCc1oc(C(=O)NCc2ccc(NC(=O)NC(C)C)cc2)cc1C(=O)O. The lowest BCUT2D eigenvalue weighted by molar-refractivity contribution is 0.0694. The van der Waals surface area contributed by atoms with Crippen LogP contribution in [0.1, 0.15) is 53.0 Å². The Labute approximate surface area is 156 Å². The third kappa shape index (κ3) is 5.60. The molecule has 27 heavy (non-hydrogen) atoms. The minimum absolute atomic E-state index is 0.00208. The number of aromatic carboxylic acids is 1. The van der Waals surface area contributed by atoms with Crippen LogP contribution >= 0.6 is 0 Å². The molecule has 3 amide bonds. The van der Waals surface area contributed by atoms with Gasteiger partial charge in [0.1, 0.15) is 11.3 Å². The van der Waals surface area contributed by atoms with Crippen molar-refractivity contribution in [2.24, 2.45) is 0 Å². The van der Waals surface area contributed by atoms with E-state index in [0.717, 1.165) is 5.56 Å². The minimum Gasteiger partial charge on any atom is -0.478 e. The molecule has 0 saturated carbocycles. The summed E-state index contributed by atoms with van der Waals surface area (Å²) in [5.74, 6) is -1.38. The Morgan fingerprint density at radius 3 is 2.33 bits per heavy atom. The number of hydrogen-bond donors (Lipinski definition) is 4. The molecule has 8 heteroatoms. The van der Waals surface area contributed by atoms with Crippen LogP contribution in [0.25, 0.3) is 0 Å². The number of carboxylic acid groups (broad SMARTS) is 1. The van der Waals surface area contributed by atoms with Crippen molar-refractivity contribution in [1.82, 2.24) is 10.6 Å². The number of nitrogens with one attached hydrogen (secondary N) is 3. The molecule has 1 aromatic heterocycles. The van der Waals surface area contributed by atoms with Crippen molar-refractivity contribution in [2.45, 2.75) is 39.8 Å². The zero-order valence-corrected chi connectivity index (χ0v) is 15.5. The first-order valence-electron chi connectivity index (χ1n) is 8.60. The Morgan fingerprint density at radius 1 is 1.15 bits per heavy atom. The second kappa shape index (κ2) is 8.88. The number of carbonyl (C=O) groups is 3. The Kier molecular flexibility index (Phi) is 6.59. The molecule has 1 aromatic carbocycles. The van der Waals surface area contributed by atoms with Crippen molar-refractivity contribution in [3.63, 3.8) is 0 Å². The first-order chi connectivity index (χ1) is 12.8. The summed E-state index contributed by atoms with van der Waals surface area (Å²) in [7, 11) is 0. The van der Waals surface area contributed by atoms with E-state index in [0.29, 0.717) is 12.1 Å². The molecular formula is C19H23N3O5. The summed E-state index contributed by atoms with van der Waals surface area (Å²) in [5.41, 5.74) is 1.45. The maximum Gasteiger partial charge on any atom is 0.339 e. The summed E-state index contributed by atoms with van der Waals surface area (Å²) in [4.78, 5) is 35.0. The molecule has 4 N–H and O–H groups in total. The van der Waals surface area contributed by atoms with Crippen molar-refractivity contribution in [3.8, 4) is 0 Å². The number of urea groups is 1. The zero-order chi connectivity index (χ0) is 20.0. The average Bonchev–Trinajstić information content (AvgIpc) is 3.05. The number of aryl methyl sites for hydroxylation is 1. The van der Waals surface area contributed by atoms with Crippen molar-refractivity contribution < 1.29 is 23.9 Å². The molecule has 0 radical (unpaired) electrons. The molecule has 0 fully saturated rings. The van der Waals surface area contributed by atoms with Gasteiger partial charge in [-0.15, -0.1) is 0 Å². The first kappa shape index (κ1) is 20.0. The van der Waals surface area contributed by atoms with E-state index < -0.39 is 11.9 Å². The predicted octanol–water partition coefficient (Wildman–Crippen LogP) is 3.00. The number of carboxylic acids is 1. The smallest absolute Gasteiger partial charge is 0.339 e. The Bertz CT molecular complexity index is 824. The first-order valence-corrected chi connectivity index (χ1v) is 8.60. The van der Waals surface area contributed by atoms with Crippen LogP contribution < -0.4 is 16.0 Å². The fraction of sp³-hybridized carbons (Fsp3) is 0.316. The monoisotopic (exact) mass is 373 g/mol. The van der Waals surface area contributed by atoms with Crippen molar-refractivity contribution in [3.05, 3.63) is 53.0 Å². The van der Waals surface area contributed by atoms with Crippen LogP contribution in [0.4, 0.5) is 10.5 Å². The largest absolute Gasteiger partial charge is 0.478 e. The van der Waals surface area contributed by atoms with Gasteiger partial charge in [0, 0.05) is 30.8 Å². The summed E-state index contributed by atoms with van der Waals surface area (Å²) in [6.07, 6.45) is 0.383. The summed E-state index contributed by atoms with van der Waals surface area (Å²) in [6.45, 7) is 5.73. The summed E-state index contributed by atoms with van der Waals surface area (Å²) < 4.78 is 5.32.